The number of likely N-dealkylation sites (tertiary alicyclic amines) is 1. The van der Waals surface area contributed by atoms with Crippen molar-refractivity contribution in [3.63, 3.8) is 0 Å². The van der Waals surface area contributed by atoms with Gasteiger partial charge in [-0.2, -0.15) is 0 Å². The Morgan fingerprint density at radius 2 is 1.96 bits per heavy atom. The molecule has 0 unspecified atom stereocenters. The quantitative estimate of drug-likeness (QED) is 0.712. The van der Waals surface area contributed by atoms with Crippen molar-refractivity contribution in [2.45, 2.75) is 39.7 Å². The van der Waals surface area contributed by atoms with Gasteiger partial charge in [-0.1, -0.05) is 31.2 Å². The standard InChI is InChI=1S/C22H32N2O/c1-3-23(17-21-11-15-25-18-21)16-20-8-12-24(13-9-20)14-10-22-7-5-4-6-19(22)2/h4-7,11,15,18,20H,3,8-10,12-14,16-17H2,1-2H3. The normalized spacial score (nSPS) is 16.6. The average Bonchev–Trinajstić information content (AvgIpc) is 3.15. The minimum Gasteiger partial charge on any atom is -0.472 e. The van der Waals surface area contributed by atoms with Crippen molar-refractivity contribution in [1.29, 1.82) is 0 Å². The largest absolute Gasteiger partial charge is 0.472 e. The molecule has 25 heavy (non-hydrogen) atoms. The summed E-state index contributed by atoms with van der Waals surface area (Å²) in [5.74, 6) is 0.835. The monoisotopic (exact) mass is 340 g/mol. The third-order valence-corrected chi connectivity index (χ3v) is 5.62. The number of piperidine rings is 1. The third kappa shape index (κ3) is 5.45. The van der Waals surface area contributed by atoms with Crippen molar-refractivity contribution >= 4 is 0 Å². The second kappa shape index (κ2) is 9.21. The van der Waals surface area contributed by atoms with Crippen LogP contribution >= 0.6 is 0 Å². The Hall–Kier alpha value is -1.58. The molecule has 1 aromatic carbocycles. The lowest BCUT2D eigenvalue weighted by Gasteiger charge is -2.34. The molecule has 0 radical (unpaired) electrons. The van der Waals surface area contributed by atoms with E-state index in [1.54, 1.807) is 6.26 Å². The first-order valence-electron chi connectivity index (χ1n) is 9.75. The van der Waals surface area contributed by atoms with E-state index in [1.165, 1.54) is 62.1 Å². The van der Waals surface area contributed by atoms with Gasteiger partial charge in [0.2, 0.25) is 0 Å². The maximum absolute atomic E-state index is 5.20. The topological polar surface area (TPSA) is 19.6 Å². The van der Waals surface area contributed by atoms with Crippen LogP contribution < -0.4 is 0 Å². The third-order valence-electron chi connectivity index (χ3n) is 5.62. The molecule has 0 saturated carbocycles. The molecule has 3 nitrogen and oxygen atoms in total. The van der Waals surface area contributed by atoms with E-state index >= 15 is 0 Å². The molecular formula is C22H32N2O. The van der Waals surface area contributed by atoms with E-state index in [0.29, 0.717) is 0 Å². The van der Waals surface area contributed by atoms with Crippen LogP contribution in [0.2, 0.25) is 0 Å². The van der Waals surface area contributed by atoms with Gasteiger partial charge in [-0.3, -0.25) is 4.90 Å². The maximum atomic E-state index is 5.20. The van der Waals surface area contributed by atoms with E-state index in [4.69, 9.17) is 4.42 Å². The molecular weight excluding hydrogens is 308 g/mol. The Bertz CT molecular complexity index is 615. The van der Waals surface area contributed by atoms with Crippen LogP contribution in [0.4, 0.5) is 0 Å². The second-order valence-corrected chi connectivity index (χ2v) is 7.42. The van der Waals surface area contributed by atoms with Crippen molar-refractivity contribution < 1.29 is 4.42 Å². The number of benzene rings is 1. The second-order valence-electron chi connectivity index (χ2n) is 7.42. The molecule has 0 aliphatic carbocycles. The average molecular weight is 341 g/mol. The minimum atomic E-state index is 0.835. The van der Waals surface area contributed by atoms with Crippen molar-refractivity contribution in [2.24, 2.45) is 5.92 Å². The number of aryl methyl sites for hydroxylation is 1. The zero-order valence-corrected chi connectivity index (χ0v) is 15.8. The number of nitrogens with zero attached hydrogens (tertiary/aromatic N) is 2. The summed E-state index contributed by atoms with van der Waals surface area (Å²) < 4.78 is 5.20. The van der Waals surface area contributed by atoms with Gasteiger partial charge in [-0.25, -0.2) is 0 Å². The summed E-state index contributed by atoms with van der Waals surface area (Å²) in [5.41, 5.74) is 4.22. The number of hydrogen-bond donors (Lipinski definition) is 0. The molecule has 2 aromatic rings. The number of furan rings is 1. The molecule has 0 spiro atoms. The molecule has 1 saturated heterocycles. The highest BCUT2D eigenvalue weighted by atomic mass is 16.3. The summed E-state index contributed by atoms with van der Waals surface area (Å²) in [7, 11) is 0. The molecule has 1 aliphatic heterocycles. The summed E-state index contributed by atoms with van der Waals surface area (Å²) in [4.78, 5) is 5.20. The highest BCUT2D eigenvalue weighted by Gasteiger charge is 2.21. The van der Waals surface area contributed by atoms with Gasteiger partial charge in [0.1, 0.15) is 0 Å². The predicted molar refractivity (Wildman–Crippen MR) is 104 cm³/mol. The molecule has 0 amide bonds. The van der Waals surface area contributed by atoms with Crippen molar-refractivity contribution in [3.8, 4) is 0 Å². The Morgan fingerprint density at radius 3 is 2.64 bits per heavy atom. The minimum absolute atomic E-state index is 0.835. The molecule has 0 bridgehead atoms. The van der Waals surface area contributed by atoms with Gasteiger partial charge in [0.05, 0.1) is 12.5 Å². The Morgan fingerprint density at radius 1 is 1.16 bits per heavy atom. The molecule has 0 N–H and O–H groups in total. The highest BCUT2D eigenvalue weighted by Crippen LogP contribution is 2.20. The summed E-state index contributed by atoms with van der Waals surface area (Å²) in [5, 5.41) is 0. The molecule has 136 valence electrons. The van der Waals surface area contributed by atoms with Crippen molar-refractivity contribution in [2.75, 3.05) is 32.7 Å². The van der Waals surface area contributed by atoms with Gasteiger partial charge in [-0.15, -0.1) is 0 Å². The van der Waals surface area contributed by atoms with Crippen LogP contribution in [0.1, 0.15) is 36.5 Å². The molecule has 3 rings (SSSR count). The Balaban J connectivity index is 1.40. The summed E-state index contributed by atoms with van der Waals surface area (Å²) in [6.45, 7) is 11.5. The zero-order chi connectivity index (χ0) is 17.5. The molecule has 1 aromatic heterocycles. The van der Waals surface area contributed by atoms with Gasteiger partial charge < -0.3 is 9.32 Å². The molecule has 3 heteroatoms. The van der Waals surface area contributed by atoms with Crippen molar-refractivity contribution in [1.82, 2.24) is 9.80 Å². The SMILES string of the molecule is CCN(Cc1ccoc1)CC1CCN(CCc2ccccc2C)CC1. The molecule has 1 aliphatic rings. The lowest BCUT2D eigenvalue weighted by molar-refractivity contribution is 0.143. The van der Waals surface area contributed by atoms with Crippen LogP contribution in [-0.2, 0) is 13.0 Å². The van der Waals surface area contributed by atoms with Crippen LogP contribution in [0.15, 0.2) is 47.3 Å². The fourth-order valence-corrected chi connectivity index (χ4v) is 3.87. The van der Waals surface area contributed by atoms with Gasteiger partial charge in [0.25, 0.3) is 0 Å². The molecule has 1 fully saturated rings. The summed E-state index contributed by atoms with van der Waals surface area (Å²) >= 11 is 0. The molecule has 2 heterocycles. The van der Waals surface area contributed by atoms with E-state index in [-0.39, 0.29) is 0 Å². The first-order chi connectivity index (χ1) is 12.2. The lowest BCUT2D eigenvalue weighted by atomic mass is 9.95. The Kier molecular flexibility index (Phi) is 6.71. The van der Waals surface area contributed by atoms with E-state index in [1.807, 2.05) is 6.26 Å². The van der Waals surface area contributed by atoms with Crippen LogP contribution in [0.5, 0.6) is 0 Å². The van der Waals surface area contributed by atoms with Crippen LogP contribution in [0.3, 0.4) is 0 Å². The van der Waals surface area contributed by atoms with E-state index in [0.717, 1.165) is 19.0 Å². The smallest absolute Gasteiger partial charge is 0.0947 e. The Labute approximate surface area is 152 Å². The maximum Gasteiger partial charge on any atom is 0.0947 e. The van der Waals surface area contributed by atoms with Crippen LogP contribution in [0.25, 0.3) is 0 Å². The van der Waals surface area contributed by atoms with Gasteiger partial charge >= 0.3 is 0 Å². The van der Waals surface area contributed by atoms with E-state index in [2.05, 4.69) is 54.0 Å². The van der Waals surface area contributed by atoms with Crippen LogP contribution in [-0.4, -0.2) is 42.5 Å². The number of rotatable bonds is 8. The first kappa shape index (κ1) is 18.2. The fourth-order valence-electron chi connectivity index (χ4n) is 3.87. The summed E-state index contributed by atoms with van der Waals surface area (Å²) in [6.07, 6.45) is 7.48. The zero-order valence-electron chi connectivity index (χ0n) is 15.8. The summed E-state index contributed by atoms with van der Waals surface area (Å²) in [6, 6.07) is 10.9. The fraction of sp³-hybridized carbons (Fsp3) is 0.545. The van der Waals surface area contributed by atoms with Crippen LogP contribution in [0, 0.1) is 12.8 Å². The van der Waals surface area contributed by atoms with Gasteiger partial charge in [-0.05, 0) is 68.9 Å². The molecule has 0 atom stereocenters. The lowest BCUT2D eigenvalue weighted by Crippen LogP contribution is -2.39. The highest BCUT2D eigenvalue weighted by molar-refractivity contribution is 5.25. The van der Waals surface area contributed by atoms with E-state index in [9.17, 15) is 0 Å². The van der Waals surface area contributed by atoms with Crippen molar-refractivity contribution in [3.05, 3.63) is 59.5 Å². The number of hydrogen-bond acceptors (Lipinski definition) is 3. The van der Waals surface area contributed by atoms with Gasteiger partial charge in [0.15, 0.2) is 0 Å². The van der Waals surface area contributed by atoms with Gasteiger partial charge in [0, 0.05) is 25.2 Å². The first-order valence-corrected chi connectivity index (χ1v) is 9.75. The van der Waals surface area contributed by atoms with E-state index < -0.39 is 0 Å². The predicted octanol–water partition coefficient (Wildman–Crippen LogP) is 4.36.